The van der Waals surface area contributed by atoms with Gasteiger partial charge in [-0.2, -0.15) is 4.31 Å². The average molecular weight is 459 g/mol. The van der Waals surface area contributed by atoms with Crippen LogP contribution in [0.5, 0.6) is 5.75 Å². The molecule has 1 amide bonds. The molecule has 8 heteroatoms. The monoisotopic (exact) mass is 458 g/mol. The highest BCUT2D eigenvalue weighted by atomic mass is 32.2. The summed E-state index contributed by atoms with van der Waals surface area (Å²) >= 11 is 0. The second kappa shape index (κ2) is 9.85. The normalized spacial score (nSPS) is 15.6. The summed E-state index contributed by atoms with van der Waals surface area (Å²) in [4.78, 5) is 12.7. The molecule has 1 fully saturated rings. The van der Waals surface area contributed by atoms with Crippen molar-refractivity contribution in [3.8, 4) is 5.75 Å². The quantitative estimate of drug-likeness (QED) is 0.668. The molecule has 0 saturated carbocycles. The fraction of sp³-hybridized carbons (Fsp3) is 0.375. The van der Waals surface area contributed by atoms with E-state index >= 15 is 0 Å². The van der Waals surface area contributed by atoms with Crippen LogP contribution in [-0.4, -0.2) is 52.0 Å². The SMILES string of the molecule is COc1ccc(C(C)(C)C)cc1NC(=O)C=Cc1ccc(S(=O)(=O)N2CCOCC2)cc1. The van der Waals surface area contributed by atoms with Gasteiger partial charge < -0.3 is 14.8 Å². The molecule has 1 N–H and O–H groups in total. The number of benzene rings is 2. The lowest BCUT2D eigenvalue weighted by atomic mass is 9.87. The second-order valence-electron chi connectivity index (χ2n) is 8.57. The number of carbonyl (C=O) groups is 1. The van der Waals surface area contributed by atoms with E-state index < -0.39 is 10.0 Å². The Bertz CT molecular complexity index is 1080. The molecule has 3 rings (SSSR count). The maximum atomic E-state index is 12.7. The van der Waals surface area contributed by atoms with Gasteiger partial charge in [0, 0.05) is 19.2 Å². The molecule has 172 valence electrons. The Kier molecular flexibility index (Phi) is 7.38. The van der Waals surface area contributed by atoms with Crippen molar-refractivity contribution in [2.24, 2.45) is 0 Å². The van der Waals surface area contributed by atoms with E-state index in [1.807, 2.05) is 18.2 Å². The molecule has 7 nitrogen and oxygen atoms in total. The van der Waals surface area contributed by atoms with E-state index in [2.05, 4.69) is 26.1 Å². The van der Waals surface area contributed by atoms with Crippen LogP contribution in [0.25, 0.3) is 6.08 Å². The summed E-state index contributed by atoms with van der Waals surface area (Å²) in [6.07, 6.45) is 3.05. The molecule has 0 spiro atoms. The lowest BCUT2D eigenvalue weighted by molar-refractivity contribution is -0.111. The van der Waals surface area contributed by atoms with Gasteiger partial charge in [-0.05, 0) is 46.9 Å². The van der Waals surface area contributed by atoms with Crippen molar-refractivity contribution in [1.29, 1.82) is 0 Å². The lowest BCUT2D eigenvalue weighted by Crippen LogP contribution is -2.40. The number of carbonyl (C=O) groups excluding carboxylic acids is 1. The Morgan fingerprint density at radius 3 is 2.34 bits per heavy atom. The number of anilines is 1. The number of morpholine rings is 1. The van der Waals surface area contributed by atoms with E-state index in [4.69, 9.17) is 9.47 Å². The number of nitrogens with zero attached hydrogens (tertiary/aromatic N) is 1. The molecular formula is C24H30N2O5S. The maximum absolute atomic E-state index is 12.7. The molecule has 0 unspecified atom stereocenters. The second-order valence-corrected chi connectivity index (χ2v) is 10.5. The summed E-state index contributed by atoms with van der Waals surface area (Å²) in [6.45, 7) is 7.81. The first-order chi connectivity index (χ1) is 15.1. The van der Waals surface area contributed by atoms with Gasteiger partial charge in [0.25, 0.3) is 0 Å². The molecular weight excluding hydrogens is 428 g/mol. The molecule has 1 heterocycles. The molecule has 1 aliphatic rings. The highest BCUT2D eigenvalue weighted by Gasteiger charge is 2.26. The number of amides is 1. The van der Waals surface area contributed by atoms with Gasteiger partial charge in [-0.3, -0.25) is 4.79 Å². The van der Waals surface area contributed by atoms with Gasteiger partial charge in [0.05, 0.1) is 30.9 Å². The Labute approximate surface area is 190 Å². The topological polar surface area (TPSA) is 84.9 Å². The van der Waals surface area contributed by atoms with Gasteiger partial charge >= 0.3 is 0 Å². The minimum atomic E-state index is -3.54. The zero-order valence-electron chi connectivity index (χ0n) is 18.9. The molecule has 0 atom stereocenters. The molecule has 0 bridgehead atoms. The minimum absolute atomic E-state index is 0.0646. The standard InChI is InChI=1S/C24H30N2O5S/c1-24(2,3)19-8-11-22(30-4)21(17-19)25-23(27)12-7-18-5-9-20(10-6-18)32(28,29)26-13-15-31-16-14-26/h5-12,17H,13-16H2,1-4H3,(H,25,27). The highest BCUT2D eigenvalue weighted by molar-refractivity contribution is 7.89. The number of ether oxygens (including phenoxy) is 2. The van der Waals surface area contributed by atoms with E-state index in [0.717, 1.165) is 11.1 Å². The van der Waals surface area contributed by atoms with Crippen molar-refractivity contribution < 1.29 is 22.7 Å². The molecule has 2 aromatic rings. The first-order valence-corrected chi connectivity index (χ1v) is 11.9. The number of rotatable bonds is 6. The van der Waals surface area contributed by atoms with Gasteiger partial charge in [0.2, 0.25) is 15.9 Å². The van der Waals surface area contributed by atoms with Gasteiger partial charge in [0.15, 0.2) is 0 Å². The summed E-state index contributed by atoms with van der Waals surface area (Å²) in [7, 11) is -1.98. The fourth-order valence-electron chi connectivity index (χ4n) is 3.31. The van der Waals surface area contributed by atoms with E-state index in [1.54, 1.807) is 37.5 Å². The van der Waals surface area contributed by atoms with Gasteiger partial charge in [-0.25, -0.2) is 8.42 Å². The van der Waals surface area contributed by atoms with Crippen LogP contribution in [-0.2, 0) is 25.0 Å². The van der Waals surface area contributed by atoms with Gasteiger partial charge in [0.1, 0.15) is 5.75 Å². The van der Waals surface area contributed by atoms with Crippen LogP contribution in [0.1, 0.15) is 31.9 Å². The van der Waals surface area contributed by atoms with Crippen LogP contribution in [0.15, 0.2) is 53.4 Å². The smallest absolute Gasteiger partial charge is 0.248 e. The third-order valence-corrected chi connectivity index (χ3v) is 7.15. The van der Waals surface area contributed by atoms with Crippen molar-refractivity contribution in [3.63, 3.8) is 0 Å². The zero-order valence-corrected chi connectivity index (χ0v) is 19.7. The van der Waals surface area contributed by atoms with Crippen molar-refractivity contribution in [1.82, 2.24) is 4.31 Å². The van der Waals surface area contributed by atoms with Gasteiger partial charge in [-0.1, -0.05) is 39.0 Å². The third kappa shape index (κ3) is 5.76. The minimum Gasteiger partial charge on any atom is -0.495 e. The van der Waals surface area contributed by atoms with Crippen molar-refractivity contribution in [2.75, 3.05) is 38.7 Å². The predicted octanol–water partition coefficient (Wildman–Crippen LogP) is 3.67. The largest absolute Gasteiger partial charge is 0.495 e. The van der Waals surface area contributed by atoms with Crippen LogP contribution in [0.2, 0.25) is 0 Å². The molecule has 32 heavy (non-hydrogen) atoms. The van der Waals surface area contributed by atoms with Crippen molar-refractivity contribution in [3.05, 3.63) is 59.7 Å². The molecule has 1 aliphatic heterocycles. The number of methoxy groups -OCH3 is 1. The summed E-state index contributed by atoms with van der Waals surface area (Å²) in [5.74, 6) is 0.275. The van der Waals surface area contributed by atoms with E-state index in [-0.39, 0.29) is 16.2 Å². The average Bonchev–Trinajstić information content (AvgIpc) is 2.78. The predicted molar refractivity (Wildman–Crippen MR) is 125 cm³/mol. The van der Waals surface area contributed by atoms with Crippen LogP contribution in [0.4, 0.5) is 5.69 Å². The van der Waals surface area contributed by atoms with Crippen molar-refractivity contribution in [2.45, 2.75) is 31.1 Å². The van der Waals surface area contributed by atoms with Crippen LogP contribution < -0.4 is 10.1 Å². The van der Waals surface area contributed by atoms with E-state index in [0.29, 0.717) is 37.7 Å². The Hall–Kier alpha value is -2.68. The highest BCUT2D eigenvalue weighted by Crippen LogP contribution is 2.31. The Balaban J connectivity index is 1.70. The first kappa shape index (κ1) is 24.0. The van der Waals surface area contributed by atoms with E-state index in [9.17, 15) is 13.2 Å². The molecule has 1 saturated heterocycles. The molecule has 0 radical (unpaired) electrons. The fourth-order valence-corrected chi connectivity index (χ4v) is 4.71. The maximum Gasteiger partial charge on any atom is 0.248 e. The van der Waals surface area contributed by atoms with Crippen molar-refractivity contribution >= 4 is 27.7 Å². The number of sulfonamides is 1. The Morgan fingerprint density at radius 1 is 1.09 bits per heavy atom. The summed E-state index contributed by atoms with van der Waals surface area (Å²) in [5.41, 5.74) is 2.33. The molecule has 0 aromatic heterocycles. The van der Waals surface area contributed by atoms with Gasteiger partial charge in [-0.15, -0.1) is 0 Å². The summed E-state index contributed by atoms with van der Waals surface area (Å²) in [6, 6.07) is 12.2. The molecule has 2 aromatic carbocycles. The Morgan fingerprint density at radius 2 is 1.75 bits per heavy atom. The van der Waals surface area contributed by atoms with E-state index in [1.165, 1.54) is 10.4 Å². The number of hydrogen-bond donors (Lipinski definition) is 1. The van der Waals surface area contributed by atoms with Crippen LogP contribution in [0, 0.1) is 0 Å². The number of nitrogens with one attached hydrogen (secondary N) is 1. The first-order valence-electron chi connectivity index (χ1n) is 10.5. The lowest BCUT2D eigenvalue weighted by Gasteiger charge is -2.26. The van der Waals surface area contributed by atoms with Crippen LogP contribution in [0.3, 0.4) is 0 Å². The van der Waals surface area contributed by atoms with Crippen LogP contribution >= 0.6 is 0 Å². The summed E-state index contributed by atoms with van der Waals surface area (Å²) in [5, 5.41) is 2.86. The zero-order chi connectivity index (χ0) is 23.4. The summed E-state index contributed by atoms with van der Waals surface area (Å²) < 4.78 is 37.4. The number of hydrogen-bond acceptors (Lipinski definition) is 5. The third-order valence-electron chi connectivity index (χ3n) is 5.24. The molecule has 0 aliphatic carbocycles.